The van der Waals surface area contributed by atoms with E-state index >= 15 is 0 Å². The van der Waals surface area contributed by atoms with Crippen LogP contribution in [0.15, 0.2) is 34.9 Å². The minimum Gasteiger partial charge on any atom is -0.438 e. The Balaban J connectivity index is 2.22. The molecule has 0 aliphatic carbocycles. The number of para-hydroxylation sites is 1. The molecule has 0 radical (unpaired) electrons. The lowest BCUT2D eigenvalue weighted by Gasteiger charge is -2.04. The smallest absolute Gasteiger partial charge is 0.318 e. The van der Waals surface area contributed by atoms with E-state index < -0.39 is 0 Å². The monoisotopic (exact) mass is 283 g/mol. The Morgan fingerprint density at radius 1 is 1.33 bits per heavy atom. The standard InChI is InChI=1S/C16H17N3O2/c1-10-9-18-15(21-10)16(20)19-11(2)12(7-8-17)13-5-3-4-6-14(13)19/h3-6,9H,7-8,17H2,1-2H3. The molecule has 0 aliphatic heterocycles. The number of hydrogen-bond donors (Lipinski definition) is 1. The van der Waals surface area contributed by atoms with Crippen LogP contribution in [0.25, 0.3) is 10.9 Å². The average molecular weight is 283 g/mol. The maximum Gasteiger partial charge on any atom is 0.318 e. The lowest BCUT2D eigenvalue weighted by atomic mass is 10.1. The van der Waals surface area contributed by atoms with E-state index in [4.69, 9.17) is 10.2 Å². The summed E-state index contributed by atoms with van der Waals surface area (Å²) in [7, 11) is 0. The zero-order chi connectivity index (χ0) is 15.0. The highest BCUT2D eigenvalue weighted by atomic mass is 16.4. The SMILES string of the molecule is Cc1cnc(C(=O)n2c(C)c(CCN)c3ccccc32)o1. The van der Waals surface area contributed by atoms with Crippen molar-refractivity contribution in [2.45, 2.75) is 20.3 Å². The molecule has 3 rings (SSSR count). The Morgan fingerprint density at radius 3 is 2.76 bits per heavy atom. The summed E-state index contributed by atoms with van der Waals surface area (Å²) >= 11 is 0. The van der Waals surface area contributed by atoms with Crippen LogP contribution < -0.4 is 5.73 Å². The highest BCUT2D eigenvalue weighted by Gasteiger charge is 2.22. The molecule has 2 aromatic heterocycles. The number of fused-ring (bicyclic) bond motifs is 1. The molecule has 0 fully saturated rings. The van der Waals surface area contributed by atoms with E-state index in [0.717, 1.165) is 28.6 Å². The third-order valence-corrected chi connectivity index (χ3v) is 3.64. The topological polar surface area (TPSA) is 74.0 Å². The highest BCUT2D eigenvalue weighted by Crippen LogP contribution is 2.27. The van der Waals surface area contributed by atoms with Crippen molar-refractivity contribution in [1.29, 1.82) is 0 Å². The van der Waals surface area contributed by atoms with Crippen LogP contribution in [0.4, 0.5) is 0 Å². The normalized spacial score (nSPS) is 11.2. The van der Waals surface area contributed by atoms with Gasteiger partial charge in [0.2, 0.25) is 0 Å². The molecule has 5 heteroatoms. The van der Waals surface area contributed by atoms with Crippen molar-refractivity contribution >= 4 is 16.8 Å². The Labute approximate surface area is 122 Å². The zero-order valence-corrected chi connectivity index (χ0v) is 12.1. The van der Waals surface area contributed by atoms with Crippen LogP contribution in [0.2, 0.25) is 0 Å². The summed E-state index contributed by atoms with van der Waals surface area (Å²) in [6, 6.07) is 7.82. The van der Waals surface area contributed by atoms with E-state index in [1.54, 1.807) is 17.7 Å². The van der Waals surface area contributed by atoms with E-state index in [0.29, 0.717) is 12.3 Å². The van der Waals surface area contributed by atoms with Gasteiger partial charge in [0.1, 0.15) is 5.76 Å². The van der Waals surface area contributed by atoms with Crippen molar-refractivity contribution in [3.05, 3.63) is 53.4 Å². The number of nitrogens with two attached hydrogens (primary N) is 1. The molecular weight excluding hydrogens is 266 g/mol. The third kappa shape index (κ3) is 2.15. The predicted molar refractivity (Wildman–Crippen MR) is 80.4 cm³/mol. The lowest BCUT2D eigenvalue weighted by molar-refractivity contribution is 0.0927. The summed E-state index contributed by atoms with van der Waals surface area (Å²) in [5, 5.41) is 1.05. The number of aromatic nitrogens is 2. The van der Waals surface area contributed by atoms with Crippen LogP contribution in [0, 0.1) is 13.8 Å². The first-order chi connectivity index (χ1) is 10.1. The fraction of sp³-hybridized carbons (Fsp3) is 0.250. The van der Waals surface area contributed by atoms with Crippen LogP contribution in [0.3, 0.4) is 0 Å². The summed E-state index contributed by atoms with van der Waals surface area (Å²) in [5.74, 6) is 0.477. The molecule has 21 heavy (non-hydrogen) atoms. The Bertz CT molecular complexity index is 814. The number of rotatable bonds is 3. The molecule has 1 aromatic carbocycles. The Kier molecular flexibility index (Phi) is 3.35. The van der Waals surface area contributed by atoms with Gasteiger partial charge >= 0.3 is 5.91 Å². The predicted octanol–water partition coefficient (Wildman–Crippen LogP) is 2.44. The largest absolute Gasteiger partial charge is 0.438 e. The summed E-state index contributed by atoms with van der Waals surface area (Å²) in [6.07, 6.45) is 2.28. The quantitative estimate of drug-likeness (QED) is 0.801. The van der Waals surface area contributed by atoms with Crippen LogP contribution in [-0.4, -0.2) is 22.0 Å². The molecule has 5 nitrogen and oxygen atoms in total. The summed E-state index contributed by atoms with van der Waals surface area (Å²) in [4.78, 5) is 16.7. The second-order valence-corrected chi connectivity index (χ2v) is 5.04. The molecular formula is C16H17N3O2. The van der Waals surface area contributed by atoms with E-state index in [1.165, 1.54) is 0 Å². The van der Waals surface area contributed by atoms with Gasteiger partial charge in [0.15, 0.2) is 0 Å². The summed E-state index contributed by atoms with van der Waals surface area (Å²) in [6.45, 7) is 4.24. The van der Waals surface area contributed by atoms with Gasteiger partial charge in [0.05, 0.1) is 11.7 Å². The van der Waals surface area contributed by atoms with Crippen LogP contribution in [0.5, 0.6) is 0 Å². The number of carbonyl (C=O) groups excluding carboxylic acids is 1. The van der Waals surface area contributed by atoms with Gasteiger partial charge < -0.3 is 10.2 Å². The van der Waals surface area contributed by atoms with Gasteiger partial charge in [-0.1, -0.05) is 18.2 Å². The molecule has 3 aromatic rings. The molecule has 2 N–H and O–H groups in total. The van der Waals surface area contributed by atoms with Crippen LogP contribution in [0.1, 0.15) is 27.7 Å². The molecule has 0 unspecified atom stereocenters. The number of oxazole rings is 1. The van der Waals surface area contributed by atoms with Crippen molar-refractivity contribution in [3.63, 3.8) is 0 Å². The second-order valence-electron chi connectivity index (χ2n) is 5.04. The molecule has 108 valence electrons. The molecule has 0 saturated heterocycles. The van der Waals surface area contributed by atoms with Crippen LogP contribution in [-0.2, 0) is 6.42 Å². The fourth-order valence-corrected chi connectivity index (χ4v) is 2.71. The van der Waals surface area contributed by atoms with E-state index in [9.17, 15) is 4.79 Å². The zero-order valence-electron chi connectivity index (χ0n) is 12.1. The van der Waals surface area contributed by atoms with Crippen LogP contribution >= 0.6 is 0 Å². The van der Waals surface area contributed by atoms with Gasteiger partial charge in [-0.3, -0.25) is 9.36 Å². The van der Waals surface area contributed by atoms with Crippen molar-refractivity contribution < 1.29 is 9.21 Å². The van der Waals surface area contributed by atoms with Gasteiger partial charge in [0, 0.05) is 11.1 Å². The Morgan fingerprint density at radius 2 is 2.10 bits per heavy atom. The summed E-state index contributed by atoms with van der Waals surface area (Å²) in [5.41, 5.74) is 8.55. The second kappa shape index (κ2) is 5.18. The summed E-state index contributed by atoms with van der Waals surface area (Å²) < 4.78 is 7.02. The maximum absolute atomic E-state index is 12.7. The molecule has 0 aliphatic rings. The molecule has 0 bridgehead atoms. The van der Waals surface area contributed by atoms with Gasteiger partial charge in [-0.05, 0) is 38.4 Å². The molecule has 0 spiro atoms. The van der Waals surface area contributed by atoms with Gasteiger partial charge in [-0.25, -0.2) is 4.98 Å². The van der Waals surface area contributed by atoms with E-state index in [1.807, 2.05) is 31.2 Å². The van der Waals surface area contributed by atoms with Crippen molar-refractivity contribution in [2.24, 2.45) is 5.73 Å². The van der Waals surface area contributed by atoms with Crippen molar-refractivity contribution in [3.8, 4) is 0 Å². The van der Waals surface area contributed by atoms with Crippen molar-refractivity contribution in [1.82, 2.24) is 9.55 Å². The molecule has 0 amide bonds. The van der Waals surface area contributed by atoms with Gasteiger partial charge in [0.25, 0.3) is 5.89 Å². The average Bonchev–Trinajstić information content (AvgIpc) is 3.02. The molecule has 0 atom stereocenters. The number of aryl methyl sites for hydroxylation is 1. The first kappa shape index (κ1) is 13.6. The third-order valence-electron chi connectivity index (χ3n) is 3.64. The lowest BCUT2D eigenvalue weighted by Crippen LogP contribution is -2.14. The minimum atomic E-state index is -0.250. The van der Waals surface area contributed by atoms with Gasteiger partial charge in [-0.15, -0.1) is 0 Å². The molecule has 2 heterocycles. The van der Waals surface area contributed by atoms with Gasteiger partial charge in [-0.2, -0.15) is 0 Å². The molecule has 0 saturated carbocycles. The van der Waals surface area contributed by atoms with E-state index in [2.05, 4.69) is 4.98 Å². The fourth-order valence-electron chi connectivity index (χ4n) is 2.71. The first-order valence-electron chi connectivity index (χ1n) is 6.89. The first-order valence-corrected chi connectivity index (χ1v) is 6.89. The number of nitrogens with zero attached hydrogens (tertiary/aromatic N) is 2. The highest BCUT2D eigenvalue weighted by molar-refractivity contribution is 6.01. The number of benzene rings is 1. The minimum absolute atomic E-state index is 0.107. The Hall–Kier alpha value is -2.40. The maximum atomic E-state index is 12.7. The van der Waals surface area contributed by atoms with Crippen molar-refractivity contribution in [2.75, 3.05) is 6.54 Å². The van der Waals surface area contributed by atoms with E-state index in [-0.39, 0.29) is 11.8 Å². The number of carbonyl (C=O) groups is 1. The number of hydrogen-bond acceptors (Lipinski definition) is 4.